The summed E-state index contributed by atoms with van der Waals surface area (Å²) in [5.41, 5.74) is -1.54. The number of Topliss-reactive ketones (excluding diaryl/α,β-unsaturated/α-hetero) is 2. The molecular weight excluding hydrogens is 328 g/mol. The molecule has 4 heteroatoms. The van der Waals surface area contributed by atoms with Crippen molar-refractivity contribution in [3.8, 4) is 0 Å². The summed E-state index contributed by atoms with van der Waals surface area (Å²) < 4.78 is 0. The molecule has 4 fully saturated rings. The lowest BCUT2D eigenvalue weighted by Crippen LogP contribution is -2.68. The molecule has 0 unspecified atom stereocenters. The fourth-order valence-electron chi connectivity index (χ4n) is 8.25. The molecule has 0 bridgehead atoms. The second-order valence-electron chi connectivity index (χ2n) is 10.5. The molecule has 0 heterocycles. The van der Waals surface area contributed by atoms with Crippen LogP contribution in [0.2, 0.25) is 0 Å². The third-order valence-electron chi connectivity index (χ3n) is 9.50. The molecule has 4 nitrogen and oxygen atoms in total. The molecule has 4 aliphatic rings. The topological polar surface area (TPSA) is 74.6 Å². The first-order chi connectivity index (χ1) is 12.0. The largest absolute Gasteiger partial charge is 0.393 e. The number of hydrogen-bond donors (Lipinski definition) is 2. The predicted octanol–water partition coefficient (Wildman–Crippen LogP) is 3.14. The van der Waals surface area contributed by atoms with Crippen molar-refractivity contribution in [2.75, 3.05) is 0 Å². The van der Waals surface area contributed by atoms with E-state index in [1.165, 1.54) is 0 Å². The summed E-state index contributed by atoms with van der Waals surface area (Å²) in [4.78, 5) is 24.4. The molecule has 0 saturated heterocycles. The summed E-state index contributed by atoms with van der Waals surface area (Å²) in [5.74, 6) is 1.32. The van der Waals surface area contributed by atoms with Crippen molar-refractivity contribution in [3.05, 3.63) is 0 Å². The Morgan fingerprint density at radius 2 is 1.92 bits per heavy atom. The van der Waals surface area contributed by atoms with Crippen LogP contribution in [0.15, 0.2) is 0 Å². The predicted molar refractivity (Wildman–Crippen MR) is 98.3 cm³/mol. The number of carbonyl (C=O) groups excluding carboxylic acids is 2. The molecule has 0 aromatic heterocycles. The van der Waals surface area contributed by atoms with Gasteiger partial charge in [0.25, 0.3) is 0 Å². The van der Waals surface area contributed by atoms with Crippen molar-refractivity contribution in [2.24, 2.45) is 40.4 Å². The van der Waals surface area contributed by atoms with Gasteiger partial charge < -0.3 is 10.2 Å². The van der Waals surface area contributed by atoms with Crippen LogP contribution in [-0.2, 0) is 9.59 Å². The Morgan fingerprint density at radius 1 is 1.23 bits per heavy atom. The first-order valence-corrected chi connectivity index (χ1v) is 10.5. The van der Waals surface area contributed by atoms with Gasteiger partial charge in [-0.3, -0.25) is 9.59 Å². The van der Waals surface area contributed by atoms with E-state index in [0.717, 1.165) is 19.3 Å². The maximum atomic E-state index is 12.3. The molecule has 0 aromatic carbocycles. The van der Waals surface area contributed by atoms with E-state index in [1.54, 1.807) is 6.92 Å². The van der Waals surface area contributed by atoms with Gasteiger partial charge >= 0.3 is 0 Å². The number of aliphatic hydroxyl groups is 2. The van der Waals surface area contributed by atoms with Crippen LogP contribution in [0.25, 0.3) is 0 Å². The zero-order valence-electron chi connectivity index (χ0n) is 16.6. The molecule has 4 saturated carbocycles. The van der Waals surface area contributed by atoms with E-state index in [4.69, 9.17) is 0 Å². The summed E-state index contributed by atoms with van der Waals surface area (Å²) in [6.07, 6.45) is 4.40. The minimum Gasteiger partial charge on any atom is -0.393 e. The Morgan fingerprint density at radius 3 is 2.58 bits per heavy atom. The molecule has 0 spiro atoms. The van der Waals surface area contributed by atoms with Gasteiger partial charge in [-0.15, -0.1) is 0 Å². The Hall–Kier alpha value is -0.740. The minimum absolute atomic E-state index is 0.0283. The van der Waals surface area contributed by atoms with Crippen molar-refractivity contribution >= 4 is 11.6 Å². The van der Waals surface area contributed by atoms with Gasteiger partial charge in [0.1, 0.15) is 11.6 Å². The number of aliphatic hydroxyl groups excluding tert-OH is 1. The zero-order valence-corrected chi connectivity index (χ0v) is 16.6. The molecular formula is C22H34O4. The van der Waals surface area contributed by atoms with E-state index >= 15 is 0 Å². The van der Waals surface area contributed by atoms with Gasteiger partial charge in [-0.25, -0.2) is 0 Å². The Labute approximate surface area is 156 Å². The van der Waals surface area contributed by atoms with Gasteiger partial charge in [-0.05, 0) is 68.1 Å². The third-order valence-corrected chi connectivity index (χ3v) is 9.50. The highest BCUT2D eigenvalue weighted by Gasteiger charge is 2.69. The first-order valence-electron chi connectivity index (χ1n) is 10.5. The molecule has 0 amide bonds. The lowest BCUT2D eigenvalue weighted by molar-refractivity contribution is -0.250. The maximum absolute atomic E-state index is 12.3. The van der Waals surface area contributed by atoms with E-state index in [2.05, 4.69) is 20.8 Å². The van der Waals surface area contributed by atoms with Crippen LogP contribution in [0.5, 0.6) is 0 Å². The molecule has 2 N–H and O–H groups in total. The summed E-state index contributed by atoms with van der Waals surface area (Å²) in [6.45, 7) is 8.13. The van der Waals surface area contributed by atoms with Gasteiger partial charge in [-0.2, -0.15) is 0 Å². The van der Waals surface area contributed by atoms with Crippen LogP contribution >= 0.6 is 0 Å². The average molecular weight is 363 g/mol. The summed E-state index contributed by atoms with van der Waals surface area (Å²) in [7, 11) is 0. The quantitative estimate of drug-likeness (QED) is 0.751. The molecule has 26 heavy (non-hydrogen) atoms. The van der Waals surface area contributed by atoms with E-state index in [9.17, 15) is 19.8 Å². The van der Waals surface area contributed by atoms with Crippen LogP contribution in [-0.4, -0.2) is 33.5 Å². The standard InChI is InChI=1S/C22H34O4/c1-12-9-15-17-6-5-16(13(2)23)20(17,3)11-18(25)19(15)21(4)8-7-14(24)10-22(12,21)26/h12,15-19,25-26H,5-11H2,1-4H3/t12-,15-,16-,17+,18+,19-,20-,21+,22-/m0/s1. The van der Waals surface area contributed by atoms with Gasteiger partial charge in [0.05, 0.1) is 11.7 Å². The van der Waals surface area contributed by atoms with Crippen molar-refractivity contribution < 1.29 is 19.8 Å². The minimum atomic E-state index is -1.00. The number of rotatable bonds is 1. The van der Waals surface area contributed by atoms with Crippen molar-refractivity contribution in [2.45, 2.75) is 84.3 Å². The number of hydrogen-bond acceptors (Lipinski definition) is 4. The van der Waals surface area contributed by atoms with Crippen molar-refractivity contribution in [1.29, 1.82) is 0 Å². The van der Waals surface area contributed by atoms with Gasteiger partial charge in [-0.1, -0.05) is 20.8 Å². The fraction of sp³-hybridized carbons (Fsp3) is 0.909. The molecule has 9 atom stereocenters. The Kier molecular flexibility index (Phi) is 4.03. The van der Waals surface area contributed by atoms with Crippen molar-refractivity contribution in [1.82, 2.24) is 0 Å². The molecule has 4 aliphatic carbocycles. The maximum Gasteiger partial charge on any atom is 0.135 e. The highest BCUT2D eigenvalue weighted by atomic mass is 16.3. The van der Waals surface area contributed by atoms with E-state index in [1.807, 2.05) is 0 Å². The van der Waals surface area contributed by atoms with Crippen LogP contribution in [0.4, 0.5) is 0 Å². The zero-order chi connectivity index (χ0) is 19.1. The SMILES string of the molecule is CC(=O)[C@@H]1CC[C@@H]2[C@@H]3C[C@H](C)[C@@]4(O)CC(=O)CC[C@]4(C)[C@@H]3[C@H](O)C[C@]21C. The van der Waals surface area contributed by atoms with Crippen LogP contribution in [0, 0.1) is 40.4 Å². The molecule has 4 rings (SSSR count). The smallest absolute Gasteiger partial charge is 0.135 e. The highest BCUT2D eigenvalue weighted by Crippen LogP contribution is 2.69. The summed E-state index contributed by atoms with van der Waals surface area (Å²) >= 11 is 0. The lowest BCUT2D eigenvalue weighted by Gasteiger charge is -2.66. The van der Waals surface area contributed by atoms with E-state index in [-0.39, 0.29) is 41.2 Å². The number of ketones is 2. The average Bonchev–Trinajstić information content (AvgIpc) is 2.87. The normalized spacial score (nSPS) is 56.5. The Balaban J connectivity index is 1.76. The number of fused-ring (bicyclic) bond motifs is 5. The summed E-state index contributed by atoms with van der Waals surface area (Å²) in [6, 6.07) is 0. The first kappa shape index (κ1) is 18.6. The van der Waals surface area contributed by atoms with E-state index < -0.39 is 17.1 Å². The molecule has 0 aromatic rings. The van der Waals surface area contributed by atoms with Gasteiger partial charge in [0.2, 0.25) is 0 Å². The lowest BCUT2D eigenvalue weighted by atomic mass is 9.40. The summed E-state index contributed by atoms with van der Waals surface area (Å²) in [5, 5.41) is 22.9. The van der Waals surface area contributed by atoms with Crippen LogP contribution in [0.3, 0.4) is 0 Å². The second-order valence-corrected chi connectivity index (χ2v) is 10.5. The fourth-order valence-corrected chi connectivity index (χ4v) is 8.25. The van der Waals surface area contributed by atoms with Crippen LogP contribution in [0.1, 0.15) is 72.6 Å². The molecule has 146 valence electrons. The number of carbonyl (C=O) groups is 2. The molecule has 0 radical (unpaired) electrons. The van der Waals surface area contributed by atoms with E-state index in [0.29, 0.717) is 31.1 Å². The Bertz CT molecular complexity index is 644. The van der Waals surface area contributed by atoms with Crippen LogP contribution < -0.4 is 0 Å². The van der Waals surface area contributed by atoms with Crippen molar-refractivity contribution in [3.63, 3.8) is 0 Å². The van der Waals surface area contributed by atoms with Gasteiger partial charge in [0, 0.05) is 24.2 Å². The monoisotopic (exact) mass is 362 g/mol. The van der Waals surface area contributed by atoms with Gasteiger partial charge in [0.15, 0.2) is 0 Å². The highest BCUT2D eigenvalue weighted by molar-refractivity contribution is 5.81. The second kappa shape index (κ2) is 5.64. The third kappa shape index (κ3) is 2.15. The molecule has 0 aliphatic heterocycles.